The van der Waals surface area contributed by atoms with Gasteiger partial charge in [0.2, 0.25) is 11.8 Å². The van der Waals surface area contributed by atoms with E-state index in [2.05, 4.69) is 16.4 Å². The van der Waals surface area contributed by atoms with E-state index in [9.17, 15) is 14.9 Å². The Balaban J connectivity index is 1.43. The van der Waals surface area contributed by atoms with E-state index in [0.717, 1.165) is 16.9 Å². The van der Waals surface area contributed by atoms with Crippen LogP contribution in [0.15, 0.2) is 65.2 Å². The summed E-state index contributed by atoms with van der Waals surface area (Å²) >= 11 is 0. The fourth-order valence-electron chi connectivity index (χ4n) is 5.36. The van der Waals surface area contributed by atoms with Gasteiger partial charge in [-0.3, -0.25) is 14.5 Å². The highest BCUT2D eigenvalue weighted by Crippen LogP contribution is 2.46. The van der Waals surface area contributed by atoms with Gasteiger partial charge in [0.15, 0.2) is 5.96 Å². The molecule has 0 spiro atoms. The molecule has 190 valence electrons. The van der Waals surface area contributed by atoms with Gasteiger partial charge in [-0.1, -0.05) is 36.4 Å². The van der Waals surface area contributed by atoms with Crippen LogP contribution in [0.5, 0.6) is 5.75 Å². The second-order valence-electron chi connectivity index (χ2n) is 11.2. The number of nitriles is 1. The molecule has 2 aromatic rings. The maximum absolute atomic E-state index is 13.5. The van der Waals surface area contributed by atoms with Crippen molar-refractivity contribution in [2.45, 2.75) is 63.8 Å². The molecule has 2 aliphatic heterocycles. The fourth-order valence-corrected chi connectivity index (χ4v) is 5.36. The molecule has 2 heterocycles. The van der Waals surface area contributed by atoms with Gasteiger partial charge in [-0.25, -0.2) is 4.99 Å². The Labute approximate surface area is 216 Å². The van der Waals surface area contributed by atoms with E-state index < -0.39 is 23.1 Å². The number of guanidine groups is 1. The first-order valence-corrected chi connectivity index (χ1v) is 12.5. The summed E-state index contributed by atoms with van der Waals surface area (Å²) < 4.78 is 6.10. The average molecular weight is 498 g/mol. The molecule has 0 fully saturated rings. The van der Waals surface area contributed by atoms with Crippen LogP contribution in [0.25, 0.3) is 0 Å². The normalized spacial score (nSPS) is 24.0. The van der Waals surface area contributed by atoms with Gasteiger partial charge in [-0.15, -0.1) is 0 Å². The Morgan fingerprint density at radius 1 is 1.22 bits per heavy atom. The number of para-hydroxylation sites is 1. The molecule has 2 amide bonds. The molecule has 8 nitrogen and oxygen atoms in total. The van der Waals surface area contributed by atoms with Gasteiger partial charge in [0.25, 0.3) is 0 Å². The molecule has 0 bridgehead atoms. The summed E-state index contributed by atoms with van der Waals surface area (Å²) in [7, 11) is 0. The van der Waals surface area contributed by atoms with Gasteiger partial charge in [-0.05, 0) is 57.0 Å². The van der Waals surface area contributed by atoms with Gasteiger partial charge in [-0.2, -0.15) is 5.26 Å². The molecule has 3 atom stereocenters. The van der Waals surface area contributed by atoms with Gasteiger partial charge in [0, 0.05) is 12.0 Å². The first-order chi connectivity index (χ1) is 17.5. The number of hydrogen-bond acceptors (Lipinski definition) is 6. The van der Waals surface area contributed by atoms with Gasteiger partial charge >= 0.3 is 0 Å². The van der Waals surface area contributed by atoms with Crippen molar-refractivity contribution in [2.75, 3.05) is 0 Å². The fraction of sp³-hybridized carbons (Fsp3) is 0.379. The van der Waals surface area contributed by atoms with E-state index in [1.807, 2.05) is 64.1 Å². The van der Waals surface area contributed by atoms with Crippen LogP contribution in [0.3, 0.4) is 0 Å². The van der Waals surface area contributed by atoms with Crippen LogP contribution in [0.2, 0.25) is 0 Å². The molecule has 0 aromatic heterocycles. The largest absolute Gasteiger partial charge is 0.487 e. The summed E-state index contributed by atoms with van der Waals surface area (Å²) in [5.41, 5.74) is 8.18. The Kier molecular flexibility index (Phi) is 5.82. The summed E-state index contributed by atoms with van der Waals surface area (Å²) in [5.74, 6) is 0.0703. The topological polar surface area (TPSA) is 121 Å². The van der Waals surface area contributed by atoms with Crippen LogP contribution in [-0.2, 0) is 9.59 Å². The number of benzene rings is 2. The maximum atomic E-state index is 13.5. The number of fused-ring (bicyclic) bond motifs is 1. The minimum atomic E-state index is -0.616. The molecule has 1 unspecified atom stereocenters. The predicted octanol–water partition coefficient (Wildman–Crippen LogP) is 3.90. The molecular weight excluding hydrogens is 466 g/mol. The van der Waals surface area contributed by atoms with Crippen molar-refractivity contribution in [3.8, 4) is 11.8 Å². The number of aliphatic imine (C=N–C) groups is 1. The zero-order valence-electron chi connectivity index (χ0n) is 21.5. The summed E-state index contributed by atoms with van der Waals surface area (Å²) in [5, 5.41) is 12.7. The number of nitrogens with one attached hydrogen (secondary N) is 1. The zero-order chi connectivity index (χ0) is 26.5. The molecule has 0 saturated heterocycles. The maximum Gasteiger partial charge on any atom is 0.232 e. The summed E-state index contributed by atoms with van der Waals surface area (Å²) in [6.45, 7) is 7.74. The van der Waals surface area contributed by atoms with Crippen LogP contribution in [0, 0.1) is 17.2 Å². The second kappa shape index (κ2) is 8.77. The number of carbonyl (C=O) groups is 2. The van der Waals surface area contributed by atoms with E-state index in [1.54, 1.807) is 18.2 Å². The Morgan fingerprint density at radius 2 is 1.97 bits per heavy atom. The molecular formula is C29H31N5O3. The molecule has 37 heavy (non-hydrogen) atoms. The van der Waals surface area contributed by atoms with E-state index in [4.69, 9.17) is 10.5 Å². The third kappa shape index (κ3) is 4.82. The third-order valence-electron chi connectivity index (χ3n) is 7.01. The molecule has 2 aromatic carbocycles. The molecule has 0 radical (unpaired) electrons. The quantitative estimate of drug-likeness (QED) is 0.607. The first-order valence-electron chi connectivity index (χ1n) is 12.5. The van der Waals surface area contributed by atoms with Crippen molar-refractivity contribution in [1.82, 2.24) is 10.2 Å². The molecule has 3 N–H and O–H groups in total. The highest BCUT2D eigenvalue weighted by molar-refractivity contribution is 6.00. The lowest BCUT2D eigenvalue weighted by Crippen LogP contribution is -2.51. The molecule has 0 saturated carbocycles. The number of amides is 2. The smallest absolute Gasteiger partial charge is 0.232 e. The molecule has 8 heteroatoms. The van der Waals surface area contributed by atoms with Crippen molar-refractivity contribution < 1.29 is 14.3 Å². The van der Waals surface area contributed by atoms with Crippen molar-refractivity contribution in [2.24, 2.45) is 16.6 Å². The highest BCUT2D eigenvalue weighted by atomic mass is 16.5. The number of hydrogen-bond donors (Lipinski definition) is 2. The summed E-state index contributed by atoms with van der Waals surface area (Å²) in [6.07, 6.45) is 2.68. The number of carbonyl (C=O) groups excluding carboxylic acids is 2. The Morgan fingerprint density at radius 3 is 2.70 bits per heavy atom. The number of ether oxygens (including phenoxy) is 1. The zero-order valence-corrected chi connectivity index (χ0v) is 21.5. The first kappa shape index (κ1) is 24.6. The lowest BCUT2D eigenvalue weighted by Gasteiger charge is -2.38. The van der Waals surface area contributed by atoms with E-state index >= 15 is 0 Å². The number of nitrogens with two attached hydrogens (primary N) is 1. The van der Waals surface area contributed by atoms with Crippen molar-refractivity contribution >= 4 is 17.8 Å². The predicted molar refractivity (Wildman–Crippen MR) is 139 cm³/mol. The molecule has 3 aliphatic rings. The van der Waals surface area contributed by atoms with Crippen LogP contribution in [-0.4, -0.2) is 33.8 Å². The standard InChI is InChI=1S/C29H31N5O3/c1-28(2)15-24(35)34(27(31)33-28)25(18-9-7-8-17(12-18)16-30)20-13-21(20)26(36)32-22-14-29(3,4)37-23-11-6-5-10-19(22)23/h5-13,21-22,25H,14-15H2,1-4H3,(H2,31,33)(H,32,36)/t21-,22+,25?/m1/s1. The van der Waals surface area contributed by atoms with Crippen molar-refractivity contribution in [3.63, 3.8) is 0 Å². The van der Waals surface area contributed by atoms with Crippen LogP contribution >= 0.6 is 0 Å². The van der Waals surface area contributed by atoms with E-state index in [0.29, 0.717) is 17.5 Å². The Hall–Kier alpha value is -4.12. The SMILES string of the molecule is CC1(C)CC(=O)N(C(C2=C[C@H]2C(=O)N[C@H]2CC(C)(C)Oc3ccccc32)c2cccc(C#N)c2)C(N)=N1. The third-order valence-corrected chi connectivity index (χ3v) is 7.01. The Bertz CT molecular complexity index is 1380. The van der Waals surface area contributed by atoms with Crippen LogP contribution < -0.4 is 15.8 Å². The second-order valence-corrected chi connectivity index (χ2v) is 11.2. The number of rotatable bonds is 5. The highest BCUT2D eigenvalue weighted by Gasteiger charge is 2.46. The van der Waals surface area contributed by atoms with Crippen LogP contribution in [0.1, 0.15) is 69.3 Å². The monoisotopic (exact) mass is 497 g/mol. The number of nitrogens with zero attached hydrogens (tertiary/aromatic N) is 3. The van der Waals surface area contributed by atoms with Crippen LogP contribution in [0.4, 0.5) is 0 Å². The van der Waals surface area contributed by atoms with Gasteiger partial charge in [0.1, 0.15) is 11.4 Å². The minimum Gasteiger partial charge on any atom is -0.487 e. The molecule has 5 rings (SSSR count). The van der Waals surface area contributed by atoms with Crippen molar-refractivity contribution in [3.05, 3.63) is 76.9 Å². The van der Waals surface area contributed by atoms with Crippen molar-refractivity contribution in [1.29, 1.82) is 5.26 Å². The van der Waals surface area contributed by atoms with E-state index in [-0.39, 0.29) is 30.2 Å². The summed E-state index contributed by atoms with van der Waals surface area (Å²) in [4.78, 5) is 32.8. The van der Waals surface area contributed by atoms with Gasteiger partial charge in [0.05, 0.1) is 41.6 Å². The summed E-state index contributed by atoms with van der Waals surface area (Å²) in [6, 6.07) is 16.1. The average Bonchev–Trinajstić information content (AvgIpc) is 3.60. The van der Waals surface area contributed by atoms with E-state index in [1.165, 1.54) is 4.90 Å². The lowest BCUT2D eigenvalue weighted by atomic mass is 9.89. The minimum absolute atomic E-state index is 0.112. The van der Waals surface area contributed by atoms with Gasteiger partial charge < -0.3 is 15.8 Å². The molecule has 1 aliphatic carbocycles. The lowest BCUT2D eigenvalue weighted by molar-refractivity contribution is -0.131.